The number of hydrogen-bond donors (Lipinski definition) is 2. The van der Waals surface area contributed by atoms with Gasteiger partial charge in [-0.3, -0.25) is 9.36 Å². The predicted molar refractivity (Wildman–Crippen MR) is 123 cm³/mol. The SMILES string of the molecule is Cc1ccc(Cn2c(Nc3ccc4nc(C)sc4c3)nc(=O)n(CCC(=O)O)c2=O)cc1. The molecule has 9 nitrogen and oxygen atoms in total. The van der Waals surface area contributed by atoms with E-state index in [1.807, 2.05) is 50.2 Å². The standard InChI is InChI=1S/C22H21N5O4S/c1-13-3-5-15(6-4-13)12-27-20(25-21(30)26(22(27)31)10-9-19(28)29)24-16-7-8-17-18(11-16)32-14(2)23-17/h3-8,11H,9-10,12H2,1-2H3,(H,28,29)(H,24,25,30). The number of fused-ring (bicyclic) bond motifs is 1. The molecular weight excluding hydrogens is 430 g/mol. The summed E-state index contributed by atoms with van der Waals surface area (Å²) < 4.78 is 3.16. The highest BCUT2D eigenvalue weighted by Gasteiger charge is 2.15. The number of hydrogen-bond acceptors (Lipinski definition) is 7. The van der Waals surface area contributed by atoms with Crippen LogP contribution >= 0.6 is 11.3 Å². The molecule has 0 radical (unpaired) electrons. The molecule has 2 aromatic carbocycles. The molecule has 2 N–H and O–H groups in total. The first-order chi connectivity index (χ1) is 15.3. The van der Waals surface area contributed by atoms with Gasteiger partial charge in [-0.15, -0.1) is 11.3 Å². The van der Waals surface area contributed by atoms with Gasteiger partial charge in [-0.2, -0.15) is 4.98 Å². The molecule has 10 heteroatoms. The molecule has 0 amide bonds. The zero-order valence-corrected chi connectivity index (χ0v) is 18.3. The lowest BCUT2D eigenvalue weighted by molar-refractivity contribution is -0.137. The summed E-state index contributed by atoms with van der Waals surface area (Å²) >= 11 is 1.54. The molecule has 0 aliphatic rings. The summed E-state index contributed by atoms with van der Waals surface area (Å²) in [6.07, 6.45) is -0.352. The van der Waals surface area contributed by atoms with Crippen LogP contribution in [0, 0.1) is 13.8 Å². The summed E-state index contributed by atoms with van der Waals surface area (Å²) in [7, 11) is 0. The Morgan fingerprint density at radius 3 is 2.53 bits per heavy atom. The van der Waals surface area contributed by atoms with Crippen molar-refractivity contribution < 1.29 is 9.90 Å². The van der Waals surface area contributed by atoms with E-state index < -0.39 is 17.3 Å². The van der Waals surface area contributed by atoms with E-state index in [1.165, 1.54) is 4.57 Å². The topological polar surface area (TPSA) is 119 Å². The second-order valence-electron chi connectivity index (χ2n) is 7.41. The second-order valence-corrected chi connectivity index (χ2v) is 8.64. The van der Waals surface area contributed by atoms with Crippen LogP contribution in [-0.2, 0) is 17.9 Å². The molecule has 164 valence electrons. The molecule has 0 aliphatic heterocycles. The van der Waals surface area contributed by atoms with Gasteiger partial charge >= 0.3 is 17.3 Å². The molecule has 4 rings (SSSR count). The Hall–Kier alpha value is -3.79. The van der Waals surface area contributed by atoms with Gasteiger partial charge in [0.05, 0.1) is 28.2 Å². The molecule has 0 saturated heterocycles. The number of carbonyl (C=O) groups is 1. The molecule has 0 spiro atoms. The van der Waals surface area contributed by atoms with Gasteiger partial charge in [0.1, 0.15) is 0 Å². The lowest BCUT2D eigenvalue weighted by Gasteiger charge is -2.15. The van der Waals surface area contributed by atoms with Crippen LogP contribution in [-0.4, -0.2) is 30.2 Å². The first-order valence-corrected chi connectivity index (χ1v) is 10.7. The molecule has 2 aromatic heterocycles. The van der Waals surface area contributed by atoms with E-state index in [9.17, 15) is 14.4 Å². The van der Waals surface area contributed by atoms with Crippen LogP contribution < -0.4 is 16.7 Å². The van der Waals surface area contributed by atoms with E-state index in [4.69, 9.17) is 5.11 Å². The van der Waals surface area contributed by atoms with Crippen molar-refractivity contribution in [3.63, 3.8) is 0 Å². The number of nitrogens with one attached hydrogen (secondary N) is 1. The summed E-state index contributed by atoms with van der Waals surface area (Å²) in [5.74, 6) is -1.01. The average Bonchev–Trinajstić information content (AvgIpc) is 3.11. The number of aryl methyl sites for hydroxylation is 2. The summed E-state index contributed by atoms with van der Waals surface area (Å²) in [5.41, 5.74) is 2.04. The van der Waals surface area contributed by atoms with Crippen LogP contribution in [0.25, 0.3) is 10.2 Å². The maximum absolute atomic E-state index is 13.1. The van der Waals surface area contributed by atoms with Gasteiger partial charge in [-0.25, -0.2) is 19.1 Å². The van der Waals surface area contributed by atoms with Crippen molar-refractivity contribution >= 4 is 39.2 Å². The molecule has 2 heterocycles. The van der Waals surface area contributed by atoms with Crippen molar-refractivity contribution in [3.8, 4) is 0 Å². The minimum absolute atomic E-state index is 0.0905. The fraction of sp³-hybridized carbons (Fsp3) is 0.227. The average molecular weight is 452 g/mol. The van der Waals surface area contributed by atoms with Crippen LogP contribution in [0.4, 0.5) is 11.6 Å². The molecule has 4 aromatic rings. The van der Waals surface area contributed by atoms with E-state index in [-0.39, 0.29) is 25.5 Å². The molecule has 0 aliphatic carbocycles. The number of carboxylic acids is 1. The highest BCUT2D eigenvalue weighted by atomic mass is 32.1. The van der Waals surface area contributed by atoms with Crippen LogP contribution in [0.15, 0.2) is 52.1 Å². The van der Waals surface area contributed by atoms with Crippen molar-refractivity contribution in [2.24, 2.45) is 0 Å². The largest absolute Gasteiger partial charge is 0.481 e. The van der Waals surface area contributed by atoms with Crippen LogP contribution in [0.5, 0.6) is 0 Å². The first kappa shape index (κ1) is 21.4. The summed E-state index contributed by atoms with van der Waals surface area (Å²) in [6.45, 7) is 3.81. The van der Waals surface area contributed by atoms with Gasteiger partial charge in [-0.05, 0) is 37.6 Å². The van der Waals surface area contributed by atoms with Gasteiger partial charge in [0, 0.05) is 12.2 Å². The maximum Gasteiger partial charge on any atom is 0.354 e. The van der Waals surface area contributed by atoms with Crippen molar-refractivity contribution in [2.45, 2.75) is 33.4 Å². The fourth-order valence-electron chi connectivity index (χ4n) is 3.29. The predicted octanol–water partition coefficient (Wildman–Crippen LogP) is 2.90. The van der Waals surface area contributed by atoms with Crippen molar-refractivity contribution in [2.75, 3.05) is 5.32 Å². The van der Waals surface area contributed by atoms with Crippen molar-refractivity contribution in [3.05, 3.63) is 79.6 Å². The molecule has 32 heavy (non-hydrogen) atoms. The van der Waals surface area contributed by atoms with E-state index >= 15 is 0 Å². The number of anilines is 2. The summed E-state index contributed by atoms with van der Waals surface area (Å²) in [4.78, 5) is 45.1. The van der Waals surface area contributed by atoms with Gasteiger partial charge in [-0.1, -0.05) is 29.8 Å². The second kappa shape index (κ2) is 8.75. The number of nitrogens with zero attached hydrogens (tertiary/aromatic N) is 4. The third-order valence-corrected chi connectivity index (χ3v) is 5.85. The van der Waals surface area contributed by atoms with Gasteiger partial charge in [0.2, 0.25) is 5.95 Å². The van der Waals surface area contributed by atoms with Gasteiger partial charge < -0.3 is 10.4 Å². The highest BCUT2D eigenvalue weighted by Crippen LogP contribution is 2.26. The summed E-state index contributed by atoms with van der Waals surface area (Å²) in [6, 6.07) is 13.2. The first-order valence-electron chi connectivity index (χ1n) is 9.93. The molecule has 0 fully saturated rings. The smallest absolute Gasteiger partial charge is 0.354 e. The number of aromatic nitrogens is 4. The quantitative estimate of drug-likeness (QED) is 0.443. The van der Waals surface area contributed by atoms with Crippen molar-refractivity contribution in [1.82, 2.24) is 19.1 Å². The lowest BCUT2D eigenvalue weighted by atomic mass is 10.1. The zero-order valence-electron chi connectivity index (χ0n) is 17.5. The van der Waals surface area contributed by atoms with Crippen LogP contribution in [0.3, 0.4) is 0 Å². The van der Waals surface area contributed by atoms with E-state index in [1.54, 1.807) is 17.4 Å². The van der Waals surface area contributed by atoms with Crippen LogP contribution in [0.1, 0.15) is 22.6 Å². The van der Waals surface area contributed by atoms with Gasteiger partial charge in [0.15, 0.2) is 0 Å². The number of carboxylic acid groups (broad SMARTS) is 1. The number of rotatable bonds is 7. The Morgan fingerprint density at radius 2 is 1.81 bits per heavy atom. The minimum Gasteiger partial charge on any atom is -0.481 e. The third kappa shape index (κ3) is 4.59. The molecule has 0 unspecified atom stereocenters. The Morgan fingerprint density at radius 1 is 1.06 bits per heavy atom. The Kier molecular flexibility index (Phi) is 5.87. The molecule has 0 bridgehead atoms. The Labute approximate surface area is 186 Å². The highest BCUT2D eigenvalue weighted by molar-refractivity contribution is 7.18. The third-order valence-electron chi connectivity index (χ3n) is 4.91. The number of thiazole rings is 1. The normalized spacial score (nSPS) is 11.1. The van der Waals surface area contributed by atoms with Crippen LogP contribution in [0.2, 0.25) is 0 Å². The molecule has 0 saturated carbocycles. The van der Waals surface area contributed by atoms with Gasteiger partial charge in [0.25, 0.3) is 0 Å². The van der Waals surface area contributed by atoms with E-state index in [0.29, 0.717) is 5.69 Å². The van der Waals surface area contributed by atoms with E-state index in [2.05, 4.69) is 15.3 Å². The Bertz CT molecular complexity index is 1420. The summed E-state index contributed by atoms with van der Waals surface area (Å²) in [5, 5.41) is 13.0. The number of aliphatic carboxylic acids is 1. The minimum atomic E-state index is -1.10. The zero-order chi connectivity index (χ0) is 22.8. The van der Waals surface area contributed by atoms with E-state index in [0.717, 1.165) is 30.9 Å². The maximum atomic E-state index is 13.1. The molecular formula is C22H21N5O4S. The number of benzene rings is 2. The van der Waals surface area contributed by atoms with Crippen molar-refractivity contribution in [1.29, 1.82) is 0 Å². The Balaban J connectivity index is 1.77. The molecule has 0 atom stereocenters. The lowest BCUT2D eigenvalue weighted by Crippen LogP contribution is -2.43. The fourth-order valence-corrected chi connectivity index (χ4v) is 4.16. The monoisotopic (exact) mass is 451 g/mol.